The van der Waals surface area contributed by atoms with Crippen LogP contribution in [0.25, 0.3) is 0 Å². The molecule has 2 rings (SSSR count). The van der Waals surface area contributed by atoms with E-state index in [2.05, 4.69) is 43.3 Å². The number of amides is 1. The quantitative estimate of drug-likeness (QED) is 0.545. The Balaban J connectivity index is 2.13. The number of hydrogen-bond donors (Lipinski definition) is 3. The SMILES string of the molecule is CC(=O)N(c1ccc(N=C=S)cc1)N1CCNCCNCCNCC1. The van der Waals surface area contributed by atoms with Crippen LogP contribution < -0.4 is 21.0 Å². The molecule has 25 heavy (non-hydrogen) atoms. The lowest BCUT2D eigenvalue weighted by atomic mass is 10.2. The predicted octanol–water partition coefficient (Wildman–Crippen LogP) is 0.773. The van der Waals surface area contributed by atoms with E-state index >= 15 is 0 Å². The summed E-state index contributed by atoms with van der Waals surface area (Å²) in [6, 6.07) is 7.44. The van der Waals surface area contributed by atoms with Crippen LogP contribution in [0.1, 0.15) is 6.92 Å². The lowest BCUT2D eigenvalue weighted by molar-refractivity contribution is -0.119. The molecule has 1 amide bonds. The Kier molecular flexibility index (Phi) is 8.68. The summed E-state index contributed by atoms with van der Waals surface area (Å²) in [6.45, 7) is 8.44. The molecule has 0 unspecified atom stereocenters. The van der Waals surface area contributed by atoms with Crippen molar-refractivity contribution in [2.24, 2.45) is 4.99 Å². The molecule has 0 bridgehead atoms. The maximum absolute atomic E-state index is 12.3. The number of rotatable bonds is 3. The zero-order valence-corrected chi connectivity index (χ0v) is 15.4. The summed E-state index contributed by atoms with van der Waals surface area (Å²) < 4.78 is 0. The number of carbonyl (C=O) groups excluding carboxylic acids is 1. The van der Waals surface area contributed by atoms with Gasteiger partial charge in [-0.3, -0.25) is 4.79 Å². The maximum atomic E-state index is 12.3. The Morgan fingerprint density at radius 3 is 2.04 bits per heavy atom. The van der Waals surface area contributed by atoms with Crippen LogP contribution in [-0.4, -0.2) is 68.4 Å². The summed E-state index contributed by atoms with van der Waals surface area (Å²) in [5.41, 5.74) is 1.55. The number of benzene rings is 1. The fourth-order valence-electron chi connectivity index (χ4n) is 2.72. The Bertz CT molecular complexity index is 575. The van der Waals surface area contributed by atoms with E-state index in [0.29, 0.717) is 0 Å². The molecule has 0 radical (unpaired) electrons. The van der Waals surface area contributed by atoms with Gasteiger partial charge < -0.3 is 16.0 Å². The van der Waals surface area contributed by atoms with Gasteiger partial charge in [0.15, 0.2) is 0 Å². The molecule has 1 heterocycles. The van der Waals surface area contributed by atoms with E-state index in [4.69, 9.17) is 0 Å². The molecule has 3 N–H and O–H groups in total. The first-order chi connectivity index (χ1) is 12.2. The molecule has 1 saturated heterocycles. The first kappa shape index (κ1) is 19.7. The highest BCUT2D eigenvalue weighted by molar-refractivity contribution is 7.78. The fraction of sp³-hybridized carbons (Fsp3) is 0.529. The number of carbonyl (C=O) groups is 1. The summed E-state index contributed by atoms with van der Waals surface area (Å²) in [7, 11) is 0. The minimum Gasteiger partial charge on any atom is -0.314 e. The first-order valence-electron chi connectivity index (χ1n) is 8.58. The Hall–Kier alpha value is -1.67. The molecule has 0 spiro atoms. The largest absolute Gasteiger partial charge is 0.314 e. The average Bonchev–Trinajstić information content (AvgIpc) is 2.58. The zero-order chi connectivity index (χ0) is 17.9. The second-order valence-electron chi connectivity index (χ2n) is 5.75. The molecule has 0 saturated carbocycles. The fourth-order valence-corrected chi connectivity index (χ4v) is 2.83. The molecule has 1 aliphatic rings. The molecule has 0 aliphatic carbocycles. The van der Waals surface area contributed by atoms with Crippen molar-refractivity contribution in [1.82, 2.24) is 21.0 Å². The minimum absolute atomic E-state index is 0.0140. The lowest BCUT2D eigenvalue weighted by Crippen LogP contribution is -2.51. The second kappa shape index (κ2) is 11.0. The molecule has 1 fully saturated rings. The van der Waals surface area contributed by atoms with Gasteiger partial charge in [0, 0.05) is 59.3 Å². The third-order valence-electron chi connectivity index (χ3n) is 3.90. The van der Waals surface area contributed by atoms with E-state index in [-0.39, 0.29) is 5.91 Å². The Labute approximate surface area is 154 Å². The molecule has 1 aliphatic heterocycles. The third kappa shape index (κ3) is 6.62. The summed E-state index contributed by atoms with van der Waals surface area (Å²) in [5.74, 6) is -0.0140. The average molecular weight is 363 g/mol. The summed E-state index contributed by atoms with van der Waals surface area (Å²) >= 11 is 4.63. The van der Waals surface area contributed by atoms with Gasteiger partial charge in [-0.25, -0.2) is 10.0 Å². The topological polar surface area (TPSA) is 72.0 Å². The number of nitrogens with zero attached hydrogens (tertiary/aromatic N) is 3. The van der Waals surface area contributed by atoms with Crippen molar-refractivity contribution >= 4 is 34.7 Å². The van der Waals surface area contributed by atoms with Crippen molar-refractivity contribution in [2.45, 2.75) is 6.92 Å². The standard InChI is InChI=1S/C17H26N6OS/c1-15(24)23(17-4-2-16(3-5-17)21-14-25)22-12-10-19-8-6-18-7-9-20-11-13-22/h2-5,18-20H,6-13H2,1H3. The summed E-state index contributed by atoms with van der Waals surface area (Å²) in [6.07, 6.45) is 0. The van der Waals surface area contributed by atoms with Crippen LogP contribution in [0, 0.1) is 0 Å². The van der Waals surface area contributed by atoms with Crippen molar-refractivity contribution in [2.75, 3.05) is 57.4 Å². The van der Waals surface area contributed by atoms with Gasteiger partial charge in [-0.05, 0) is 36.5 Å². The van der Waals surface area contributed by atoms with Crippen molar-refractivity contribution in [3.63, 3.8) is 0 Å². The van der Waals surface area contributed by atoms with Crippen molar-refractivity contribution in [1.29, 1.82) is 0 Å². The van der Waals surface area contributed by atoms with Gasteiger partial charge >= 0.3 is 0 Å². The van der Waals surface area contributed by atoms with Crippen LogP contribution in [0.3, 0.4) is 0 Å². The smallest absolute Gasteiger partial charge is 0.238 e. The molecule has 0 aromatic heterocycles. The number of hydrogen-bond acceptors (Lipinski definition) is 7. The van der Waals surface area contributed by atoms with Gasteiger partial charge in [0.05, 0.1) is 16.5 Å². The van der Waals surface area contributed by atoms with E-state index in [9.17, 15) is 4.79 Å². The predicted molar refractivity (Wildman–Crippen MR) is 104 cm³/mol. The van der Waals surface area contributed by atoms with Gasteiger partial charge in [0.25, 0.3) is 0 Å². The summed E-state index contributed by atoms with van der Waals surface area (Å²) in [5, 5.41) is 16.4. The van der Waals surface area contributed by atoms with E-state index in [1.165, 1.54) is 0 Å². The number of thiocarbonyl (C=S) groups is 1. The van der Waals surface area contributed by atoms with Crippen molar-refractivity contribution in [3.05, 3.63) is 24.3 Å². The molecule has 7 nitrogen and oxygen atoms in total. The highest BCUT2D eigenvalue weighted by Gasteiger charge is 2.20. The van der Waals surface area contributed by atoms with Gasteiger partial charge in [-0.15, -0.1) is 0 Å². The normalized spacial score (nSPS) is 17.6. The monoisotopic (exact) mass is 362 g/mol. The Morgan fingerprint density at radius 1 is 1.04 bits per heavy atom. The molecule has 1 aromatic rings. The highest BCUT2D eigenvalue weighted by Crippen LogP contribution is 2.21. The molecule has 8 heteroatoms. The Morgan fingerprint density at radius 2 is 1.56 bits per heavy atom. The van der Waals surface area contributed by atoms with Crippen LogP contribution in [0.2, 0.25) is 0 Å². The number of nitrogens with one attached hydrogen (secondary N) is 3. The molecular weight excluding hydrogens is 336 g/mol. The highest BCUT2D eigenvalue weighted by atomic mass is 32.1. The van der Waals surface area contributed by atoms with Crippen molar-refractivity contribution in [3.8, 4) is 0 Å². The van der Waals surface area contributed by atoms with Gasteiger partial charge in [-0.2, -0.15) is 4.99 Å². The van der Waals surface area contributed by atoms with Gasteiger partial charge in [-0.1, -0.05) is 0 Å². The van der Waals surface area contributed by atoms with Crippen LogP contribution in [0.5, 0.6) is 0 Å². The second-order valence-corrected chi connectivity index (χ2v) is 5.94. The number of anilines is 1. The third-order valence-corrected chi connectivity index (χ3v) is 3.99. The van der Waals surface area contributed by atoms with Crippen molar-refractivity contribution < 1.29 is 4.79 Å². The van der Waals surface area contributed by atoms with E-state index in [1.54, 1.807) is 11.9 Å². The number of aliphatic imine (C=N–C) groups is 1. The zero-order valence-electron chi connectivity index (χ0n) is 14.6. The first-order valence-corrected chi connectivity index (χ1v) is 8.99. The van der Waals surface area contributed by atoms with Crippen LogP contribution in [0.4, 0.5) is 11.4 Å². The van der Waals surface area contributed by atoms with Crippen LogP contribution in [-0.2, 0) is 4.79 Å². The van der Waals surface area contributed by atoms with E-state index in [1.807, 2.05) is 24.3 Å². The van der Waals surface area contributed by atoms with Crippen LogP contribution >= 0.6 is 12.2 Å². The van der Waals surface area contributed by atoms with E-state index < -0.39 is 0 Å². The maximum Gasteiger partial charge on any atom is 0.238 e. The molecular formula is C17H26N6OS. The van der Waals surface area contributed by atoms with E-state index in [0.717, 1.165) is 63.7 Å². The summed E-state index contributed by atoms with van der Waals surface area (Å²) in [4.78, 5) is 16.3. The number of isothiocyanates is 1. The molecule has 1 aromatic carbocycles. The lowest BCUT2D eigenvalue weighted by Gasteiger charge is -2.34. The van der Waals surface area contributed by atoms with Gasteiger partial charge in [0.1, 0.15) is 0 Å². The molecule has 0 atom stereocenters. The number of hydrazine groups is 1. The molecule has 136 valence electrons. The van der Waals surface area contributed by atoms with Gasteiger partial charge in [0.2, 0.25) is 5.91 Å². The van der Waals surface area contributed by atoms with Crippen LogP contribution in [0.15, 0.2) is 29.3 Å². The minimum atomic E-state index is -0.0140.